The van der Waals surface area contributed by atoms with Crippen LogP contribution in [0.2, 0.25) is 0 Å². The van der Waals surface area contributed by atoms with Gasteiger partial charge < -0.3 is 10.1 Å². The van der Waals surface area contributed by atoms with Gasteiger partial charge in [0.25, 0.3) is 0 Å². The Morgan fingerprint density at radius 1 is 1.37 bits per heavy atom. The summed E-state index contributed by atoms with van der Waals surface area (Å²) in [5, 5.41) is 3.07. The first-order valence-corrected chi connectivity index (χ1v) is 8.36. The molecule has 0 aliphatic carbocycles. The Hall–Kier alpha value is -0.790. The van der Waals surface area contributed by atoms with Crippen molar-refractivity contribution in [2.75, 3.05) is 24.1 Å². The molecule has 0 aromatic heterocycles. The van der Waals surface area contributed by atoms with E-state index in [-0.39, 0.29) is 11.8 Å². The summed E-state index contributed by atoms with van der Waals surface area (Å²) in [6.45, 7) is 4.37. The normalized spacial score (nSPS) is 11.6. The Balaban J connectivity index is 2.65. The molecule has 0 aliphatic rings. The molecule has 1 aromatic carbocycles. The summed E-state index contributed by atoms with van der Waals surface area (Å²) >= 11 is 3.31. The van der Waals surface area contributed by atoms with E-state index in [0.29, 0.717) is 22.5 Å². The SMILES string of the molecule is COc1ccc(NS(=O)(=O)CCNC(C)C)cc1Br. The molecule has 0 amide bonds. The molecule has 0 radical (unpaired) electrons. The summed E-state index contributed by atoms with van der Waals surface area (Å²) in [7, 11) is -1.78. The highest BCUT2D eigenvalue weighted by Gasteiger charge is 2.11. The van der Waals surface area contributed by atoms with Crippen LogP contribution in [0.3, 0.4) is 0 Å². The molecular formula is C12H19BrN2O3S. The van der Waals surface area contributed by atoms with Gasteiger partial charge in [-0.25, -0.2) is 8.42 Å². The molecule has 0 heterocycles. The van der Waals surface area contributed by atoms with Crippen LogP contribution < -0.4 is 14.8 Å². The van der Waals surface area contributed by atoms with Crippen LogP contribution >= 0.6 is 15.9 Å². The topological polar surface area (TPSA) is 67.4 Å². The second kappa shape index (κ2) is 7.12. The van der Waals surface area contributed by atoms with E-state index in [0.717, 1.165) is 0 Å². The summed E-state index contributed by atoms with van der Waals surface area (Å²) in [6, 6.07) is 5.31. The van der Waals surface area contributed by atoms with Gasteiger partial charge in [-0.2, -0.15) is 0 Å². The zero-order valence-electron chi connectivity index (χ0n) is 11.2. The maximum absolute atomic E-state index is 11.8. The van der Waals surface area contributed by atoms with Gasteiger partial charge >= 0.3 is 0 Å². The highest BCUT2D eigenvalue weighted by atomic mass is 79.9. The maximum atomic E-state index is 11.8. The van der Waals surface area contributed by atoms with Gasteiger partial charge in [0.05, 0.1) is 17.3 Å². The fraction of sp³-hybridized carbons (Fsp3) is 0.500. The Morgan fingerprint density at radius 3 is 2.58 bits per heavy atom. The number of nitrogens with one attached hydrogen (secondary N) is 2. The van der Waals surface area contributed by atoms with Crippen LogP contribution in [0.1, 0.15) is 13.8 Å². The molecule has 0 unspecified atom stereocenters. The number of methoxy groups -OCH3 is 1. The van der Waals surface area contributed by atoms with E-state index in [4.69, 9.17) is 4.74 Å². The summed E-state index contributed by atoms with van der Waals surface area (Å²) in [4.78, 5) is 0. The van der Waals surface area contributed by atoms with E-state index in [1.54, 1.807) is 25.3 Å². The standard InChI is InChI=1S/C12H19BrN2O3S/c1-9(2)14-6-7-19(16,17)15-10-4-5-12(18-3)11(13)8-10/h4-5,8-9,14-15H,6-7H2,1-3H3. The lowest BCUT2D eigenvalue weighted by Crippen LogP contribution is -2.30. The van der Waals surface area contributed by atoms with Crippen LogP contribution in [-0.2, 0) is 10.0 Å². The third-order valence-electron chi connectivity index (χ3n) is 2.35. The summed E-state index contributed by atoms with van der Waals surface area (Å²) < 4.78 is 32.0. The van der Waals surface area contributed by atoms with E-state index in [1.807, 2.05) is 13.8 Å². The lowest BCUT2D eigenvalue weighted by atomic mass is 10.3. The number of ether oxygens (including phenoxy) is 1. The van der Waals surface area contributed by atoms with Crippen molar-refractivity contribution >= 4 is 31.6 Å². The Morgan fingerprint density at radius 2 is 2.05 bits per heavy atom. The molecule has 0 saturated heterocycles. The number of hydrogen-bond donors (Lipinski definition) is 2. The van der Waals surface area contributed by atoms with Gasteiger partial charge in [-0.1, -0.05) is 13.8 Å². The molecule has 19 heavy (non-hydrogen) atoms. The fourth-order valence-electron chi connectivity index (χ4n) is 1.44. The van der Waals surface area contributed by atoms with E-state index in [1.165, 1.54) is 0 Å². The number of hydrogen-bond acceptors (Lipinski definition) is 4. The van der Waals surface area contributed by atoms with Crippen LogP contribution in [-0.4, -0.2) is 33.9 Å². The van der Waals surface area contributed by atoms with Gasteiger partial charge in [0, 0.05) is 18.3 Å². The monoisotopic (exact) mass is 350 g/mol. The first-order valence-electron chi connectivity index (χ1n) is 5.91. The summed E-state index contributed by atoms with van der Waals surface area (Å²) in [5.41, 5.74) is 0.511. The Bertz CT molecular complexity index is 518. The van der Waals surface area contributed by atoms with E-state index in [9.17, 15) is 8.42 Å². The zero-order valence-corrected chi connectivity index (χ0v) is 13.6. The van der Waals surface area contributed by atoms with Crippen molar-refractivity contribution in [1.82, 2.24) is 5.32 Å². The molecule has 2 N–H and O–H groups in total. The zero-order chi connectivity index (χ0) is 14.5. The number of rotatable bonds is 7. The minimum Gasteiger partial charge on any atom is -0.496 e. The highest BCUT2D eigenvalue weighted by molar-refractivity contribution is 9.10. The highest BCUT2D eigenvalue weighted by Crippen LogP contribution is 2.28. The molecule has 108 valence electrons. The van der Waals surface area contributed by atoms with Gasteiger partial charge in [-0.3, -0.25) is 4.72 Å². The Kier molecular flexibility index (Phi) is 6.09. The number of sulfonamides is 1. The van der Waals surface area contributed by atoms with Gasteiger partial charge in [-0.15, -0.1) is 0 Å². The molecule has 0 atom stereocenters. The molecule has 1 aromatic rings. The Labute approximate surface area is 122 Å². The maximum Gasteiger partial charge on any atom is 0.233 e. The lowest BCUT2D eigenvalue weighted by Gasteiger charge is -2.11. The quantitative estimate of drug-likeness (QED) is 0.790. The van der Waals surface area contributed by atoms with E-state index >= 15 is 0 Å². The smallest absolute Gasteiger partial charge is 0.233 e. The van der Waals surface area contributed by atoms with Crippen LogP contribution in [0.4, 0.5) is 5.69 Å². The first kappa shape index (κ1) is 16.3. The molecule has 0 spiro atoms. The minimum atomic E-state index is -3.34. The number of halogens is 1. The minimum absolute atomic E-state index is 0.0365. The number of benzene rings is 1. The van der Waals surface area contributed by atoms with Crippen molar-refractivity contribution in [2.45, 2.75) is 19.9 Å². The van der Waals surface area contributed by atoms with Crippen LogP contribution in [0.15, 0.2) is 22.7 Å². The van der Waals surface area contributed by atoms with Crippen LogP contribution in [0.25, 0.3) is 0 Å². The average molecular weight is 351 g/mol. The summed E-state index contributed by atoms with van der Waals surface area (Å²) in [6.07, 6.45) is 0. The van der Waals surface area contributed by atoms with Crippen molar-refractivity contribution in [3.8, 4) is 5.75 Å². The number of anilines is 1. The molecular weight excluding hydrogens is 332 g/mol. The molecule has 5 nitrogen and oxygen atoms in total. The van der Waals surface area contributed by atoms with Crippen LogP contribution in [0.5, 0.6) is 5.75 Å². The van der Waals surface area contributed by atoms with Crippen molar-refractivity contribution < 1.29 is 13.2 Å². The van der Waals surface area contributed by atoms with E-state index < -0.39 is 10.0 Å². The van der Waals surface area contributed by atoms with Gasteiger partial charge in [0.1, 0.15) is 5.75 Å². The first-order chi connectivity index (χ1) is 8.84. The van der Waals surface area contributed by atoms with Crippen molar-refractivity contribution in [2.24, 2.45) is 0 Å². The average Bonchev–Trinajstić information content (AvgIpc) is 2.27. The van der Waals surface area contributed by atoms with Crippen molar-refractivity contribution in [3.05, 3.63) is 22.7 Å². The van der Waals surface area contributed by atoms with Gasteiger partial charge in [0.15, 0.2) is 0 Å². The third-order valence-corrected chi connectivity index (χ3v) is 4.26. The lowest BCUT2D eigenvalue weighted by molar-refractivity contribution is 0.412. The largest absolute Gasteiger partial charge is 0.496 e. The van der Waals surface area contributed by atoms with Crippen molar-refractivity contribution in [1.29, 1.82) is 0 Å². The van der Waals surface area contributed by atoms with Crippen molar-refractivity contribution in [3.63, 3.8) is 0 Å². The summed E-state index contributed by atoms with van der Waals surface area (Å²) in [5.74, 6) is 0.693. The van der Waals surface area contributed by atoms with Crippen LogP contribution in [0, 0.1) is 0 Å². The van der Waals surface area contributed by atoms with Gasteiger partial charge in [0.2, 0.25) is 10.0 Å². The molecule has 7 heteroatoms. The fourth-order valence-corrected chi connectivity index (χ4v) is 2.96. The van der Waals surface area contributed by atoms with Gasteiger partial charge in [-0.05, 0) is 34.1 Å². The van der Waals surface area contributed by atoms with E-state index in [2.05, 4.69) is 26.0 Å². The second-order valence-electron chi connectivity index (χ2n) is 4.38. The third kappa shape index (κ3) is 5.80. The molecule has 0 bridgehead atoms. The molecule has 0 aliphatic heterocycles. The second-order valence-corrected chi connectivity index (χ2v) is 7.08. The molecule has 1 rings (SSSR count). The molecule has 0 fully saturated rings. The predicted octanol–water partition coefficient (Wildman–Crippen LogP) is 2.20. The predicted molar refractivity (Wildman–Crippen MR) is 81.2 cm³/mol. The molecule has 0 saturated carbocycles.